The monoisotopic (exact) mass is 452 g/mol. The van der Waals surface area contributed by atoms with Crippen molar-refractivity contribution in [3.8, 4) is 5.69 Å². The number of carbonyl (C=O) groups excluding carboxylic acids is 4. The van der Waals surface area contributed by atoms with Crippen molar-refractivity contribution in [3.63, 3.8) is 0 Å². The molecule has 2 fully saturated rings. The Morgan fingerprint density at radius 3 is 2.73 bits per heavy atom. The average molecular weight is 452 g/mol. The van der Waals surface area contributed by atoms with Crippen LogP contribution in [0.5, 0.6) is 0 Å². The van der Waals surface area contributed by atoms with E-state index in [0.717, 1.165) is 0 Å². The Hall–Kier alpha value is -4.09. The van der Waals surface area contributed by atoms with E-state index < -0.39 is 29.9 Å². The largest absolute Gasteiger partial charge is 0.480 e. The Balaban J connectivity index is 1.41. The smallest absolute Gasteiger partial charge is 0.326 e. The van der Waals surface area contributed by atoms with Gasteiger partial charge in [0.2, 0.25) is 11.8 Å². The highest BCUT2D eigenvalue weighted by Crippen LogP contribution is 2.31. The van der Waals surface area contributed by atoms with Crippen LogP contribution in [0.3, 0.4) is 0 Å². The Bertz CT molecular complexity index is 1210. The summed E-state index contributed by atoms with van der Waals surface area (Å²) in [6, 6.07) is 3.41. The molecule has 0 aliphatic carbocycles. The number of benzene rings is 1. The Kier molecular flexibility index (Phi) is 4.91. The van der Waals surface area contributed by atoms with Crippen LogP contribution in [0.2, 0.25) is 0 Å². The fourth-order valence-corrected chi connectivity index (χ4v) is 4.68. The second-order valence-corrected chi connectivity index (χ2v) is 8.25. The van der Waals surface area contributed by atoms with E-state index in [9.17, 15) is 29.1 Å². The fraction of sp³-hybridized carbons (Fsp3) is 0.381. The standard InChI is InChI=1S/C21H20N6O6/c28-17-7-6-15(18(29)22-17)26-9-12-11(19(26)30)3-1-4-14(12)27-10-13(23-24-27)20(31)25-8-2-5-16(25)21(32)33/h1,3-4,10,15-16H,2,5-9H2,(H,32,33)(H,22,28,29)/t15?,16-/m1/s1. The van der Waals surface area contributed by atoms with Gasteiger partial charge in [0.1, 0.15) is 12.1 Å². The summed E-state index contributed by atoms with van der Waals surface area (Å²) >= 11 is 0. The lowest BCUT2D eigenvalue weighted by Crippen LogP contribution is -2.52. The molecule has 2 atom stereocenters. The van der Waals surface area contributed by atoms with Crippen LogP contribution in [0.15, 0.2) is 24.4 Å². The van der Waals surface area contributed by atoms with Crippen LogP contribution < -0.4 is 5.32 Å². The van der Waals surface area contributed by atoms with Gasteiger partial charge in [-0.05, 0) is 31.4 Å². The zero-order valence-electron chi connectivity index (χ0n) is 17.4. The molecule has 1 aromatic carbocycles. The van der Waals surface area contributed by atoms with Gasteiger partial charge in [-0.15, -0.1) is 5.10 Å². The van der Waals surface area contributed by atoms with Crippen molar-refractivity contribution in [2.24, 2.45) is 0 Å². The normalized spacial score (nSPS) is 22.5. The maximum atomic E-state index is 13.0. The van der Waals surface area contributed by atoms with Crippen molar-refractivity contribution in [2.45, 2.75) is 44.3 Å². The first-order valence-corrected chi connectivity index (χ1v) is 10.6. The molecule has 5 rings (SSSR count). The Labute approximate surface area is 187 Å². The number of hydrogen-bond acceptors (Lipinski definition) is 7. The average Bonchev–Trinajstić information content (AvgIpc) is 3.52. The van der Waals surface area contributed by atoms with Crippen molar-refractivity contribution >= 4 is 29.6 Å². The number of carboxylic acids is 1. The van der Waals surface area contributed by atoms with Crippen molar-refractivity contribution in [2.75, 3.05) is 6.54 Å². The molecule has 12 heteroatoms. The quantitative estimate of drug-likeness (QED) is 0.600. The van der Waals surface area contributed by atoms with Gasteiger partial charge < -0.3 is 14.9 Å². The van der Waals surface area contributed by atoms with Gasteiger partial charge in [-0.2, -0.15) is 0 Å². The number of nitrogens with zero attached hydrogens (tertiary/aromatic N) is 5. The highest BCUT2D eigenvalue weighted by atomic mass is 16.4. The summed E-state index contributed by atoms with van der Waals surface area (Å²) in [4.78, 5) is 63.7. The minimum absolute atomic E-state index is 0.00658. The summed E-state index contributed by atoms with van der Waals surface area (Å²) in [6.07, 6.45) is 2.81. The van der Waals surface area contributed by atoms with Crippen molar-refractivity contribution in [1.82, 2.24) is 30.1 Å². The molecule has 1 aromatic heterocycles. The second kappa shape index (κ2) is 7.80. The first-order chi connectivity index (χ1) is 15.8. The molecule has 2 N–H and O–H groups in total. The number of carbonyl (C=O) groups is 5. The van der Waals surface area contributed by atoms with Gasteiger partial charge in [0, 0.05) is 30.6 Å². The number of likely N-dealkylation sites (tertiary alicyclic amines) is 1. The molecule has 3 aliphatic rings. The molecule has 0 spiro atoms. The van der Waals surface area contributed by atoms with Gasteiger partial charge in [-0.1, -0.05) is 11.3 Å². The van der Waals surface area contributed by atoms with E-state index in [0.29, 0.717) is 36.2 Å². The highest BCUT2D eigenvalue weighted by molar-refractivity contribution is 6.05. The first kappa shape index (κ1) is 20.8. The van der Waals surface area contributed by atoms with E-state index in [-0.39, 0.29) is 36.9 Å². The number of hydrogen-bond donors (Lipinski definition) is 2. The number of aliphatic carboxylic acids is 1. The molecule has 0 bridgehead atoms. The SMILES string of the molecule is O=C1CCC(N2Cc3c(cccc3-n3cc(C(=O)N4CCC[C@@H]4C(=O)O)nn3)C2=O)C(=O)N1. The fourth-order valence-electron chi connectivity index (χ4n) is 4.68. The predicted octanol–water partition coefficient (Wildman–Crippen LogP) is -0.282. The van der Waals surface area contributed by atoms with E-state index in [1.54, 1.807) is 18.2 Å². The molecule has 0 radical (unpaired) electrons. The Morgan fingerprint density at radius 1 is 1.15 bits per heavy atom. The van der Waals surface area contributed by atoms with Crippen LogP contribution in [0.4, 0.5) is 0 Å². The summed E-state index contributed by atoms with van der Waals surface area (Å²) in [6.45, 7) is 0.478. The lowest BCUT2D eigenvalue weighted by Gasteiger charge is -2.29. The lowest BCUT2D eigenvalue weighted by atomic mass is 10.0. The minimum atomic E-state index is -1.05. The van der Waals surface area contributed by atoms with E-state index in [4.69, 9.17) is 0 Å². The van der Waals surface area contributed by atoms with Gasteiger partial charge in [0.15, 0.2) is 5.69 Å². The van der Waals surface area contributed by atoms with E-state index >= 15 is 0 Å². The zero-order valence-corrected chi connectivity index (χ0v) is 17.4. The number of fused-ring (bicyclic) bond motifs is 1. The van der Waals surface area contributed by atoms with Crippen LogP contribution in [0.25, 0.3) is 5.69 Å². The maximum absolute atomic E-state index is 13.0. The topological polar surface area (TPSA) is 155 Å². The number of amides is 4. The molecule has 4 amide bonds. The molecule has 1 unspecified atom stereocenters. The van der Waals surface area contributed by atoms with Crippen LogP contribution in [-0.2, 0) is 20.9 Å². The summed E-state index contributed by atoms with van der Waals surface area (Å²) in [5.74, 6) is -2.74. The number of rotatable bonds is 4. The van der Waals surface area contributed by atoms with Gasteiger partial charge in [0.25, 0.3) is 11.8 Å². The zero-order chi connectivity index (χ0) is 23.3. The van der Waals surface area contributed by atoms with Gasteiger partial charge >= 0.3 is 5.97 Å². The van der Waals surface area contributed by atoms with Gasteiger partial charge in [0.05, 0.1) is 11.9 Å². The number of imide groups is 1. The van der Waals surface area contributed by atoms with Crippen LogP contribution in [-0.4, -0.2) is 78.1 Å². The number of aromatic nitrogens is 3. The van der Waals surface area contributed by atoms with Crippen molar-refractivity contribution < 1.29 is 29.1 Å². The molecule has 33 heavy (non-hydrogen) atoms. The van der Waals surface area contributed by atoms with Crippen LogP contribution in [0.1, 0.15) is 52.1 Å². The summed E-state index contributed by atoms with van der Waals surface area (Å²) in [7, 11) is 0. The predicted molar refractivity (Wildman–Crippen MR) is 109 cm³/mol. The molecule has 2 saturated heterocycles. The summed E-state index contributed by atoms with van der Waals surface area (Å²) in [5.41, 5.74) is 1.57. The van der Waals surface area contributed by atoms with Crippen LogP contribution in [0, 0.1) is 0 Å². The van der Waals surface area contributed by atoms with Crippen molar-refractivity contribution in [1.29, 1.82) is 0 Å². The second-order valence-electron chi connectivity index (χ2n) is 8.25. The molecular weight excluding hydrogens is 432 g/mol. The molecule has 4 heterocycles. The molecule has 0 saturated carbocycles. The highest BCUT2D eigenvalue weighted by Gasteiger charge is 2.40. The summed E-state index contributed by atoms with van der Waals surface area (Å²) in [5, 5.41) is 19.6. The van der Waals surface area contributed by atoms with Crippen molar-refractivity contribution in [3.05, 3.63) is 41.2 Å². The first-order valence-electron chi connectivity index (χ1n) is 10.6. The third-order valence-corrected chi connectivity index (χ3v) is 6.32. The maximum Gasteiger partial charge on any atom is 0.326 e. The molecule has 170 valence electrons. The summed E-state index contributed by atoms with van der Waals surface area (Å²) < 4.78 is 1.37. The minimum Gasteiger partial charge on any atom is -0.480 e. The molecule has 2 aromatic rings. The number of piperidine rings is 1. The molecular formula is C21H20N6O6. The Morgan fingerprint density at radius 2 is 1.97 bits per heavy atom. The van der Waals surface area contributed by atoms with E-state index in [2.05, 4.69) is 15.6 Å². The van der Waals surface area contributed by atoms with E-state index in [1.165, 1.54) is 20.7 Å². The third-order valence-electron chi connectivity index (χ3n) is 6.32. The third kappa shape index (κ3) is 3.43. The van der Waals surface area contributed by atoms with Gasteiger partial charge in [-0.25, -0.2) is 9.48 Å². The molecule has 3 aliphatic heterocycles. The number of carboxylic acid groups (broad SMARTS) is 1. The number of nitrogens with one attached hydrogen (secondary N) is 1. The lowest BCUT2D eigenvalue weighted by molar-refractivity contribution is -0.141. The van der Waals surface area contributed by atoms with Crippen LogP contribution >= 0.6 is 0 Å². The van der Waals surface area contributed by atoms with E-state index in [1.807, 2.05) is 0 Å². The molecule has 12 nitrogen and oxygen atoms in total. The van der Waals surface area contributed by atoms with Gasteiger partial charge in [-0.3, -0.25) is 24.5 Å².